The number of likely N-dealkylation sites (tertiary alicyclic amines) is 1. The number of nitrogens with two attached hydrogens (primary N) is 2. The summed E-state index contributed by atoms with van der Waals surface area (Å²) in [5, 5.41) is 0. The van der Waals surface area contributed by atoms with Crippen molar-refractivity contribution in [3.63, 3.8) is 0 Å². The number of halogens is 1. The van der Waals surface area contributed by atoms with E-state index in [4.69, 9.17) is 16.5 Å². The first-order valence-corrected chi connectivity index (χ1v) is 8.82. The first kappa shape index (κ1) is 17.1. The van der Waals surface area contributed by atoms with Crippen LogP contribution in [0.1, 0.15) is 37.2 Å². The van der Waals surface area contributed by atoms with E-state index in [0.29, 0.717) is 12.0 Å². The average Bonchev–Trinajstić information content (AvgIpc) is 3.00. The Kier molecular flexibility index (Phi) is 5.63. The Bertz CT molecular complexity index is 584. The highest BCUT2D eigenvalue weighted by molar-refractivity contribution is 5.71. The van der Waals surface area contributed by atoms with Crippen LogP contribution in [0.4, 0.5) is 4.39 Å². The summed E-state index contributed by atoms with van der Waals surface area (Å²) in [4.78, 5) is 7.25. The molecule has 0 spiro atoms. The SMILES string of the molecule is NC=CC=NC1CC(c2ccc(F)cc2)CC1N1CCCC(N)C1. The second-order valence-electron chi connectivity index (χ2n) is 6.93. The first-order chi connectivity index (χ1) is 11.7. The summed E-state index contributed by atoms with van der Waals surface area (Å²) >= 11 is 0. The molecule has 1 aromatic rings. The molecule has 4 nitrogen and oxygen atoms in total. The lowest BCUT2D eigenvalue weighted by Gasteiger charge is -2.37. The van der Waals surface area contributed by atoms with Gasteiger partial charge in [-0.25, -0.2) is 4.39 Å². The van der Waals surface area contributed by atoms with Gasteiger partial charge >= 0.3 is 0 Å². The van der Waals surface area contributed by atoms with Crippen LogP contribution in [0.25, 0.3) is 0 Å². The minimum atomic E-state index is -0.182. The predicted octanol–water partition coefficient (Wildman–Crippen LogP) is 2.41. The number of hydrogen-bond donors (Lipinski definition) is 2. The summed E-state index contributed by atoms with van der Waals surface area (Å²) in [6.45, 7) is 2.03. The zero-order valence-electron chi connectivity index (χ0n) is 14.0. The summed E-state index contributed by atoms with van der Waals surface area (Å²) < 4.78 is 13.2. The molecule has 1 heterocycles. The lowest BCUT2D eigenvalue weighted by Crippen LogP contribution is -2.49. The first-order valence-electron chi connectivity index (χ1n) is 8.82. The van der Waals surface area contributed by atoms with Crippen LogP contribution >= 0.6 is 0 Å². The van der Waals surface area contributed by atoms with Crippen molar-refractivity contribution in [2.45, 2.75) is 49.7 Å². The van der Waals surface area contributed by atoms with Crippen molar-refractivity contribution in [2.75, 3.05) is 13.1 Å². The van der Waals surface area contributed by atoms with Crippen molar-refractivity contribution in [3.05, 3.63) is 47.9 Å². The van der Waals surface area contributed by atoms with Gasteiger partial charge in [0.2, 0.25) is 0 Å². The van der Waals surface area contributed by atoms with Gasteiger partial charge in [0.05, 0.1) is 6.04 Å². The van der Waals surface area contributed by atoms with E-state index < -0.39 is 0 Å². The molecule has 1 aliphatic heterocycles. The lowest BCUT2D eigenvalue weighted by molar-refractivity contribution is 0.141. The van der Waals surface area contributed by atoms with Crippen LogP contribution in [0.2, 0.25) is 0 Å². The van der Waals surface area contributed by atoms with Crippen LogP contribution in [-0.2, 0) is 0 Å². The minimum absolute atomic E-state index is 0.182. The Labute approximate surface area is 143 Å². The third-order valence-corrected chi connectivity index (χ3v) is 5.27. The minimum Gasteiger partial charge on any atom is -0.405 e. The Morgan fingerprint density at radius 2 is 2.00 bits per heavy atom. The van der Waals surface area contributed by atoms with Crippen LogP contribution in [0.15, 0.2) is 41.5 Å². The highest BCUT2D eigenvalue weighted by atomic mass is 19.1. The molecule has 2 aliphatic rings. The van der Waals surface area contributed by atoms with Gasteiger partial charge in [-0.05, 0) is 68.1 Å². The van der Waals surface area contributed by atoms with Crippen LogP contribution in [-0.4, -0.2) is 42.3 Å². The Hall–Kier alpha value is -1.72. The number of aliphatic imine (C=N–C) groups is 1. The molecule has 4 unspecified atom stereocenters. The molecule has 1 saturated carbocycles. The normalized spacial score (nSPS) is 32.1. The molecule has 0 bridgehead atoms. The summed E-state index contributed by atoms with van der Waals surface area (Å²) in [7, 11) is 0. The van der Waals surface area contributed by atoms with E-state index in [0.717, 1.165) is 38.8 Å². The second-order valence-corrected chi connectivity index (χ2v) is 6.93. The van der Waals surface area contributed by atoms with Gasteiger partial charge < -0.3 is 11.5 Å². The molecular formula is C19H27FN4. The number of benzene rings is 1. The topological polar surface area (TPSA) is 67.6 Å². The van der Waals surface area contributed by atoms with Crippen molar-refractivity contribution in [3.8, 4) is 0 Å². The fourth-order valence-corrected chi connectivity index (χ4v) is 4.10. The van der Waals surface area contributed by atoms with Crippen LogP contribution in [0, 0.1) is 5.82 Å². The molecule has 1 saturated heterocycles. The zero-order valence-corrected chi connectivity index (χ0v) is 14.0. The van der Waals surface area contributed by atoms with E-state index in [1.807, 2.05) is 12.1 Å². The maximum absolute atomic E-state index is 13.2. The number of rotatable bonds is 4. The quantitative estimate of drug-likeness (QED) is 0.833. The molecule has 1 aliphatic carbocycles. The van der Waals surface area contributed by atoms with E-state index >= 15 is 0 Å². The fourth-order valence-electron chi connectivity index (χ4n) is 4.10. The van der Waals surface area contributed by atoms with Gasteiger partial charge in [-0.15, -0.1) is 0 Å². The summed E-state index contributed by atoms with van der Waals surface area (Å²) in [5.74, 6) is 0.232. The van der Waals surface area contributed by atoms with Crippen LogP contribution in [0.5, 0.6) is 0 Å². The smallest absolute Gasteiger partial charge is 0.123 e. The number of hydrogen-bond acceptors (Lipinski definition) is 4. The highest BCUT2D eigenvalue weighted by Crippen LogP contribution is 2.39. The predicted molar refractivity (Wildman–Crippen MR) is 96.6 cm³/mol. The lowest BCUT2D eigenvalue weighted by atomic mass is 9.97. The monoisotopic (exact) mass is 330 g/mol. The van der Waals surface area contributed by atoms with E-state index in [1.165, 1.54) is 11.8 Å². The molecule has 24 heavy (non-hydrogen) atoms. The molecule has 1 aromatic carbocycles. The molecule has 0 amide bonds. The van der Waals surface area contributed by atoms with Gasteiger partial charge in [-0.1, -0.05) is 12.1 Å². The molecule has 4 N–H and O–H groups in total. The van der Waals surface area contributed by atoms with Gasteiger partial charge in [0.25, 0.3) is 0 Å². The maximum Gasteiger partial charge on any atom is 0.123 e. The molecule has 0 aromatic heterocycles. The number of allylic oxidation sites excluding steroid dienone is 1. The van der Waals surface area contributed by atoms with Crippen molar-refractivity contribution in [1.29, 1.82) is 0 Å². The molecule has 130 valence electrons. The van der Waals surface area contributed by atoms with Crippen molar-refractivity contribution >= 4 is 6.21 Å². The summed E-state index contributed by atoms with van der Waals surface area (Å²) in [6, 6.07) is 7.81. The van der Waals surface area contributed by atoms with Crippen LogP contribution in [0.3, 0.4) is 0 Å². The molecule has 3 rings (SSSR count). The Morgan fingerprint density at radius 1 is 1.21 bits per heavy atom. The Morgan fingerprint density at radius 3 is 2.71 bits per heavy atom. The van der Waals surface area contributed by atoms with E-state index in [1.54, 1.807) is 24.4 Å². The zero-order chi connectivity index (χ0) is 16.9. The van der Waals surface area contributed by atoms with Crippen molar-refractivity contribution in [1.82, 2.24) is 4.90 Å². The third-order valence-electron chi connectivity index (χ3n) is 5.27. The van der Waals surface area contributed by atoms with Gasteiger partial charge in [0.15, 0.2) is 0 Å². The number of nitrogens with zero attached hydrogens (tertiary/aromatic N) is 2. The fraction of sp³-hybridized carbons (Fsp3) is 0.526. The molecule has 0 radical (unpaired) electrons. The molecule has 2 fully saturated rings. The summed E-state index contributed by atoms with van der Waals surface area (Å²) in [6.07, 6.45) is 9.36. The van der Waals surface area contributed by atoms with Crippen molar-refractivity contribution < 1.29 is 4.39 Å². The largest absolute Gasteiger partial charge is 0.405 e. The van der Waals surface area contributed by atoms with Gasteiger partial charge in [-0.2, -0.15) is 0 Å². The van der Waals surface area contributed by atoms with E-state index in [-0.39, 0.29) is 17.9 Å². The maximum atomic E-state index is 13.2. The Balaban J connectivity index is 1.77. The average molecular weight is 330 g/mol. The standard InChI is InChI=1S/C19H27FN4/c20-16-6-4-14(5-7-16)15-11-18(23-9-2-8-21)19(12-15)24-10-1-3-17(22)13-24/h2,4-9,15,17-19H,1,3,10-13,21-22H2. The van der Waals surface area contributed by atoms with Crippen LogP contribution < -0.4 is 11.5 Å². The van der Waals surface area contributed by atoms with Gasteiger partial charge in [0, 0.05) is 24.8 Å². The van der Waals surface area contributed by atoms with E-state index in [9.17, 15) is 4.39 Å². The number of piperidine rings is 1. The van der Waals surface area contributed by atoms with Gasteiger partial charge in [0.1, 0.15) is 5.82 Å². The van der Waals surface area contributed by atoms with Gasteiger partial charge in [-0.3, -0.25) is 9.89 Å². The molecular weight excluding hydrogens is 303 g/mol. The molecule has 4 atom stereocenters. The molecule has 5 heteroatoms. The highest BCUT2D eigenvalue weighted by Gasteiger charge is 2.39. The second kappa shape index (κ2) is 7.90. The summed E-state index contributed by atoms with van der Waals surface area (Å²) in [5.41, 5.74) is 12.8. The van der Waals surface area contributed by atoms with E-state index in [2.05, 4.69) is 4.90 Å². The third kappa shape index (κ3) is 4.02. The van der Waals surface area contributed by atoms with Crippen molar-refractivity contribution in [2.24, 2.45) is 16.5 Å².